The van der Waals surface area contributed by atoms with Crippen LogP contribution in [0.1, 0.15) is 78.7 Å². The van der Waals surface area contributed by atoms with E-state index in [9.17, 15) is 0 Å². The third-order valence-electron chi connectivity index (χ3n) is 5.88. The number of ether oxygens (including phenoxy) is 1. The molecular formula is C27H41NOS. The van der Waals surface area contributed by atoms with Gasteiger partial charge in [-0.2, -0.15) is 0 Å². The first-order valence-corrected chi connectivity index (χ1v) is 12.4. The Kier molecular flexibility index (Phi) is 10.4. The maximum absolute atomic E-state index is 5.96. The lowest BCUT2D eigenvalue weighted by Crippen LogP contribution is -2.11. The van der Waals surface area contributed by atoms with Crippen molar-refractivity contribution in [2.24, 2.45) is 16.3 Å². The molecule has 1 aromatic rings. The molecule has 2 nitrogen and oxygen atoms in total. The van der Waals surface area contributed by atoms with Crippen LogP contribution in [-0.4, -0.2) is 24.7 Å². The van der Waals surface area contributed by atoms with E-state index >= 15 is 0 Å². The van der Waals surface area contributed by atoms with E-state index in [1.165, 1.54) is 28.2 Å². The van der Waals surface area contributed by atoms with Crippen molar-refractivity contribution >= 4 is 17.5 Å². The predicted octanol–water partition coefficient (Wildman–Crippen LogP) is 8.02. The Bertz CT molecular complexity index is 727. The normalized spacial score (nSPS) is 16.9. The summed E-state index contributed by atoms with van der Waals surface area (Å²) in [6.07, 6.45) is 8.93. The summed E-state index contributed by atoms with van der Waals surface area (Å²) in [5, 5.41) is 0. The highest BCUT2D eigenvalue weighted by molar-refractivity contribution is 8.03. The number of allylic oxidation sites excluding steroid dienone is 3. The van der Waals surface area contributed by atoms with Gasteiger partial charge in [-0.3, -0.25) is 4.99 Å². The number of nitrogens with zero attached hydrogens (tertiary/aromatic N) is 1. The second kappa shape index (κ2) is 12.5. The van der Waals surface area contributed by atoms with Crippen molar-refractivity contribution in [2.45, 2.75) is 73.1 Å². The fraction of sp³-hybridized carbons (Fsp3) is 0.593. The number of hydrogen-bond donors (Lipinski definition) is 0. The molecule has 0 aliphatic carbocycles. The number of benzene rings is 1. The minimum absolute atomic E-state index is 0.232. The zero-order valence-electron chi connectivity index (χ0n) is 19.9. The number of aliphatic imine (C=N–C) groups is 1. The van der Waals surface area contributed by atoms with Crippen LogP contribution in [0.4, 0.5) is 0 Å². The zero-order valence-corrected chi connectivity index (χ0v) is 20.7. The summed E-state index contributed by atoms with van der Waals surface area (Å²) < 4.78 is 5.96. The van der Waals surface area contributed by atoms with E-state index in [0.717, 1.165) is 38.2 Å². The first kappa shape index (κ1) is 24.9. The van der Waals surface area contributed by atoms with Gasteiger partial charge in [-0.05, 0) is 53.6 Å². The third-order valence-corrected chi connectivity index (χ3v) is 7.17. The molecule has 1 heterocycles. The molecule has 1 aromatic carbocycles. The minimum Gasteiger partial charge on any atom is -0.381 e. The van der Waals surface area contributed by atoms with E-state index in [2.05, 4.69) is 89.1 Å². The van der Waals surface area contributed by atoms with Crippen molar-refractivity contribution in [3.05, 3.63) is 58.6 Å². The van der Waals surface area contributed by atoms with Gasteiger partial charge in [0.25, 0.3) is 0 Å². The monoisotopic (exact) mass is 427 g/mol. The van der Waals surface area contributed by atoms with E-state index in [4.69, 9.17) is 4.74 Å². The van der Waals surface area contributed by atoms with Gasteiger partial charge in [0.2, 0.25) is 0 Å². The lowest BCUT2D eigenvalue weighted by Gasteiger charge is -2.20. The van der Waals surface area contributed by atoms with Crippen LogP contribution in [0.25, 0.3) is 0 Å². The highest BCUT2D eigenvalue weighted by atomic mass is 32.2. The van der Waals surface area contributed by atoms with Crippen LogP contribution in [0, 0.1) is 11.3 Å². The highest BCUT2D eigenvalue weighted by Gasteiger charge is 2.22. The van der Waals surface area contributed by atoms with Crippen LogP contribution in [-0.2, 0) is 4.74 Å². The Morgan fingerprint density at radius 2 is 1.90 bits per heavy atom. The molecule has 3 heteroatoms. The average molecular weight is 428 g/mol. The van der Waals surface area contributed by atoms with Crippen LogP contribution < -0.4 is 0 Å². The summed E-state index contributed by atoms with van der Waals surface area (Å²) in [5.74, 6) is 2.16. The Labute approximate surface area is 189 Å². The van der Waals surface area contributed by atoms with E-state index in [1.54, 1.807) is 0 Å². The van der Waals surface area contributed by atoms with E-state index in [-0.39, 0.29) is 5.41 Å². The second-order valence-electron chi connectivity index (χ2n) is 9.64. The molecule has 0 spiro atoms. The fourth-order valence-corrected chi connectivity index (χ4v) is 4.42. The van der Waals surface area contributed by atoms with Crippen molar-refractivity contribution in [1.82, 2.24) is 0 Å². The SMILES string of the molecule is C/C=C(\CCC(C)CCOCC(C)c1ccccc1)SCC1=NC=C(C(C)(C)C)C1. The predicted molar refractivity (Wildman–Crippen MR) is 134 cm³/mol. The molecule has 0 amide bonds. The van der Waals surface area contributed by atoms with E-state index in [1.807, 2.05) is 11.8 Å². The molecule has 0 aromatic heterocycles. The summed E-state index contributed by atoms with van der Waals surface area (Å²) >= 11 is 1.97. The highest BCUT2D eigenvalue weighted by Crippen LogP contribution is 2.33. The van der Waals surface area contributed by atoms with E-state index in [0.29, 0.717) is 11.8 Å². The topological polar surface area (TPSA) is 21.6 Å². The van der Waals surface area contributed by atoms with Crippen LogP contribution >= 0.6 is 11.8 Å². The molecule has 0 N–H and O–H groups in total. The number of rotatable bonds is 12. The molecule has 1 aliphatic rings. The van der Waals surface area contributed by atoms with Crippen LogP contribution in [0.15, 0.2) is 58.1 Å². The van der Waals surface area contributed by atoms with Crippen LogP contribution in [0.2, 0.25) is 0 Å². The Morgan fingerprint density at radius 1 is 1.17 bits per heavy atom. The van der Waals surface area contributed by atoms with Crippen LogP contribution in [0.5, 0.6) is 0 Å². The summed E-state index contributed by atoms with van der Waals surface area (Å²) in [6, 6.07) is 10.6. The standard InChI is InChI=1S/C27H41NOS/c1-7-26(30-20-25-17-24(18-28-25)27(4,5)6)14-13-21(2)15-16-29-19-22(3)23-11-9-8-10-12-23/h7-12,18,21-22H,13-17,19-20H2,1-6H3/b26-7+. The summed E-state index contributed by atoms with van der Waals surface area (Å²) in [7, 11) is 0. The third kappa shape index (κ3) is 8.81. The van der Waals surface area contributed by atoms with Gasteiger partial charge < -0.3 is 4.74 Å². The van der Waals surface area contributed by atoms with Gasteiger partial charge in [0.15, 0.2) is 0 Å². The Morgan fingerprint density at radius 3 is 2.53 bits per heavy atom. The first-order valence-electron chi connectivity index (χ1n) is 11.4. The van der Waals surface area contributed by atoms with Gasteiger partial charge >= 0.3 is 0 Å². The maximum Gasteiger partial charge on any atom is 0.0532 e. The van der Waals surface area contributed by atoms with Gasteiger partial charge in [-0.15, -0.1) is 11.8 Å². The first-order chi connectivity index (χ1) is 14.3. The zero-order chi connectivity index (χ0) is 22.0. The number of thioether (sulfide) groups is 1. The van der Waals surface area contributed by atoms with E-state index < -0.39 is 0 Å². The molecule has 0 radical (unpaired) electrons. The molecule has 2 atom stereocenters. The quantitative estimate of drug-likeness (QED) is 0.315. The van der Waals surface area contributed by atoms with Gasteiger partial charge in [0.05, 0.1) is 6.61 Å². The van der Waals surface area contributed by atoms with Gasteiger partial charge in [0, 0.05) is 36.6 Å². The maximum atomic E-state index is 5.96. The summed E-state index contributed by atoms with van der Waals surface area (Å²) in [6.45, 7) is 15.2. The Hall–Kier alpha value is -1.32. The Balaban J connectivity index is 1.58. The smallest absolute Gasteiger partial charge is 0.0532 e. The van der Waals surface area contributed by atoms with Crippen molar-refractivity contribution < 1.29 is 4.74 Å². The molecule has 0 fully saturated rings. The molecule has 166 valence electrons. The van der Waals surface area contributed by atoms with Crippen molar-refractivity contribution in [2.75, 3.05) is 19.0 Å². The summed E-state index contributed by atoms with van der Waals surface area (Å²) in [4.78, 5) is 6.15. The van der Waals surface area contributed by atoms with Crippen molar-refractivity contribution in [3.8, 4) is 0 Å². The van der Waals surface area contributed by atoms with Crippen LogP contribution in [0.3, 0.4) is 0 Å². The van der Waals surface area contributed by atoms with Gasteiger partial charge in [-0.1, -0.05) is 71.0 Å². The lowest BCUT2D eigenvalue weighted by molar-refractivity contribution is 0.111. The van der Waals surface area contributed by atoms with Crippen molar-refractivity contribution in [1.29, 1.82) is 0 Å². The average Bonchev–Trinajstić information content (AvgIpc) is 3.21. The van der Waals surface area contributed by atoms with Gasteiger partial charge in [0.1, 0.15) is 0 Å². The molecule has 30 heavy (non-hydrogen) atoms. The molecule has 0 bridgehead atoms. The molecule has 2 unspecified atom stereocenters. The largest absolute Gasteiger partial charge is 0.381 e. The van der Waals surface area contributed by atoms with Gasteiger partial charge in [-0.25, -0.2) is 0 Å². The van der Waals surface area contributed by atoms with Crippen molar-refractivity contribution in [3.63, 3.8) is 0 Å². The summed E-state index contributed by atoms with van der Waals surface area (Å²) in [5.41, 5.74) is 4.36. The molecule has 1 aliphatic heterocycles. The minimum atomic E-state index is 0.232. The molecular weight excluding hydrogens is 386 g/mol. The molecule has 2 rings (SSSR count). The lowest BCUT2D eigenvalue weighted by atomic mass is 9.85. The number of hydrogen-bond acceptors (Lipinski definition) is 3. The molecule has 0 saturated carbocycles. The second-order valence-corrected chi connectivity index (χ2v) is 10.7. The molecule has 0 saturated heterocycles. The fourth-order valence-electron chi connectivity index (χ4n) is 3.46.